The van der Waals surface area contributed by atoms with Crippen LogP contribution in [-0.4, -0.2) is 47.1 Å². The predicted molar refractivity (Wildman–Crippen MR) is 172 cm³/mol. The number of hydrogen-bond acceptors (Lipinski definition) is 6. The molecule has 3 aliphatic rings. The summed E-state index contributed by atoms with van der Waals surface area (Å²) in [5, 5.41) is 11.5. The molecule has 0 unspecified atom stereocenters. The van der Waals surface area contributed by atoms with E-state index in [1.807, 2.05) is 29.2 Å². The number of amidine groups is 1. The van der Waals surface area contributed by atoms with Gasteiger partial charge in [-0.3, -0.25) is 14.6 Å². The molecule has 0 aromatic heterocycles. The van der Waals surface area contributed by atoms with Crippen LogP contribution in [0.5, 0.6) is 0 Å². The maximum absolute atomic E-state index is 14.5. The highest BCUT2D eigenvalue weighted by Gasteiger charge is 2.52. The van der Waals surface area contributed by atoms with Gasteiger partial charge in [0.1, 0.15) is 11.4 Å². The summed E-state index contributed by atoms with van der Waals surface area (Å²) in [4.78, 5) is 38.7. The second-order valence-electron chi connectivity index (χ2n) is 13.3. The molecule has 2 amide bonds. The molecule has 5 rings (SSSR count). The number of halogens is 2. The number of carbonyl (C=O) groups excluding carboxylic acids is 2. The fraction of sp³-hybridized carbons (Fsp3) is 0.515. The zero-order valence-corrected chi connectivity index (χ0v) is 27.0. The SMILES string of the molecule is CC(C)C[C@H](c1ccc(C(=O)NCC2=NCN=N2)cc1)N1C(=O)C(c2cc(Cl)cc(Cl)c2)=NC12CCC(C(C)(C)C)CC2. The summed E-state index contributed by atoms with van der Waals surface area (Å²) >= 11 is 12.7. The highest BCUT2D eigenvalue weighted by atomic mass is 35.5. The van der Waals surface area contributed by atoms with Gasteiger partial charge in [-0.05, 0) is 85.3 Å². The van der Waals surface area contributed by atoms with E-state index in [2.05, 4.69) is 55.2 Å². The van der Waals surface area contributed by atoms with Crippen LogP contribution in [0.15, 0.2) is 62.7 Å². The van der Waals surface area contributed by atoms with Crippen molar-refractivity contribution in [3.63, 3.8) is 0 Å². The molecule has 1 fully saturated rings. The van der Waals surface area contributed by atoms with E-state index in [0.717, 1.165) is 37.7 Å². The second kappa shape index (κ2) is 12.5. The number of aliphatic imine (C=N–C) groups is 2. The van der Waals surface area contributed by atoms with E-state index >= 15 is 0 Å². The molecule has 2 aromatic carbocycles. The molecule has 1 atom stereocenters. The third-order valence-electron chi connectivity index (χ3n) is 8.81. The molecular formula is C33H40Cl2N6O2. The van der Waals surface area contributed by atoms with Gasteiger partial charge in [0, 0.05) is 21.2 Å². The van der Waals surface area contributed by atoms with Crippen LogP contribution in [0.3, 0.4) is 0 Å². The normalized spacial score (nSPS) is 22.7. The fourth-order valence-electron chi connectivity index (χ4n) is 6.53. The van der Waals surface area contributed by atoms with Gasteiger partial charge >= 0.3 is 0 Å². The summed E-state index contributed by atoms with van der Waals surface area (Å²) in [6, 6.07) is 12.5. The topological polar surface area (TPSA) is 98.9 Å². The molecule has 1 N–H and O–H groups in total. The summed E-state index contributed by atoms with van der Waals surface area (Å²) in [5.41, 5.74) is 2.09. The number of rotatable bonds is 8. The van der Waals surface area contributed by atoms with E-state index in [4.69, 9.17) is 28.2 Å². The Morgan fingerprint density at radius 2 is 1.72 bits per heavy atom. The molecule has 2 heterocycles. The van der Waals surface area contributed by atoms with Crippen molar-refractivity contribution in [2.24, 2.45) is 37.5 Å². The molecule has 2 aliphatic heterocycles. The van der Waals surface area contributed by atoms with Gasteiger partial charge in [-0.15, -0.1) is 5.11 Å². The second-order valence-corrected chi connectivity index (χ2v) is 14.2. The summed E-state index contributed by atoms with van der Waals surface area (Å²) in [6.45, 7) is 11.7. The van der Waals surface area contributed by atoms with Crippen molar-refractivity contribution in [2.75, 3.05) is 13.2 Å². The van der Waals surface area contributed by atoms with Crippen LogP contribution in [0.4, 0.5) is 0 Å². The molecule has 8 nitrogen and oxygen atoms in total. The Morgan fingerprint density at radius 1 is 1.07 bits per heavy atom. The molecule has 43 heavy (non-hydrogen) atoms. The predicted octanol–water partition coefficient (Wildman–Crippen LogP) is 7.90. The van der Waals surface area contributed by atoms with Gasteiger partial charge < -0.3 is 10.2 Å². The van der Waals surface area contributed by atoms with E-state index < -0.39 is 5.66 Å². The molecular weight excluding hydrogens is 583 g/mol. The Kier molecular flexibility index (Phi) is 9.10. The van der Waals surface area contributed by atoms with Crippen molar-refractivity contribution in [3.8, 4) is 0 Å². The largest absolute Gasteiger partial charge is 0.345 e. The van der Waals surface area contributed by atoms with Gasteiger partial charge in [-0.1, -0.05) is 70.0 Å². The Bertz CT molecular complexity index is 1450. The lowest BCUT2D eigenvalue weighted by molar-refractivity contribution is -0.134. The monoisotopic (exact) mass is 622 g/mol. The number of nitrogens with one attached hydrogen (secondary N) is 1. The number of nitrogens with zero attached hydrogens (tertiary/aromatic N) is 5. The first kappa shape index (κ1) is 31.3. The van der Waals surface area contributed by atoms with Crippen LogP contribution in [0, 0.1) is 17.3 Å². The van der Waals surface area contributed by atoms with Crippen LogP contribution < -0.4 is 5.32 Å². The number of hydrogen-bond donors (Lipinski definition) is 1. The van der Waals surface area contributed by atoms with Gasteiger partial charge in [0.15, 0.2) is 12.5 Å². The molecule has 2 aromatic rings. The van der Waals surface area contributed by atoms with Crippen molar-refractivity contribution >= 4 is 46.6 Å². The van der Waals surface area contributed by atoms with Crippen molar-refractivity contribution in [2.45, 2.75) is 78.4 Å². The first-order chi connectivity index (χ1) is 20.4. The standard InChI is InChI=1S/C33H40Cl2N6O2/c1-20(2)14-27(21-6-8-22(9-7-21)30(42)36-18-28-37-19-38-40-28)41-31(43)29(23-15-25(34)17-26(35)16-23)39-33(41)12-10-24(11-13-33)32(3,4)5/h6-9,15-17,20,24,27H,10-14,18-19H2,1-5H3,(H,36,42)/t24?,27-,33?/m1/s1. The number of amides is 2. The van der Waals surface area contributed by atoms with Crippen LogP contribution in [0.25, 0.3) is 0 Å². The van der Waals surface area contributed by atoms with Crippen molar-refractivity contribution < 1.29 is 9.59 Å². The zero-order chi connectivity index (χ0) is 30.9. The third-order valence-corrected chi connectivity index (χ3v) is 9.25. The quantitative estimate of drug-likeness (QED) is 0.323. The molecule has 0 bridgehead atoms. The van der Waals surface area contributed by atoms with Crippen molar-refractivity contribution in [1.82, 2.24) is 10.2 Å². The Labute approximate surface area is 264 Å². The summed E-state index contributed by atoms with van der Waals surface area (Å²) in [7, 11) is 0. The summed E-state index contributed by atoms with van der Waals surface area (Å²) in [5.74, 6) is 1.06. The van der Waals surface area contributed by atoms with Gasteiger partial charge in [-0.2, -0.15) is 5.11 Å². The minimum atomic E-state index is -0.658. The third kappa shape index (κ3) is 6.86. The molecule has 1 aliphatic carbocycles. The van der Waals surface area contributed by atoms with Crippen LogP contribution >= 0.6 is 23.2 Å². The number of benzene rings is 2. The minimum absolute atomic E-state index is 0.105. The zero-order valence-electron chi connectivity index (χ0n) is 25.5. The summed E-state index contributed by atoms with van der Waals surface area (Å²) < 4.78 is 0. The lowest BCUT2D eigenvalue weighted by Crippen LogP contribution is -2.51. The van der Waals surface area contributed by atoms with Crippen molar-refractivity contribution in [1.29, 1.82) is 0 Å². The highest BCUT2D eigenvalue weighted by molar-refractivity contribution is 6.47. The fourth-order valence-corrected chi connectivity index (χ4v) is 7.05. The van der Waals surface area contributed by atoms with Crippen molar-refractivity contribution in [3.05, 3.63) is 69.2 Å². The van der Waals surface area contributed by atoms with E-state index in [1.54, 1.807) is 18.2 Å². The lowest BCUT2D eigenvalue weighted by atomic mass is 9.69. The maximum Gasteiger partial charge on any atom is 0.275 e. The number of carbonyl (C=O) groups is 2. The maximum atomic E-state index is 14.5. The first-order valence-electron chi connectivity index (χ1n) is 15.1. The Hall–Kier alpha value is -3.10. The van der Waals surface area contributed by atoms with Gasteiger partial charge in [0.2, 0.25) is 0 Å². The van der Waals surface area contributed by atoms with E-state index in [0.29, 0.717) is 51.2 Å². The van der Waals surface area contributed by atoms with E-state index in [9.17, 15) is 9.59 Å². The molecule has 1 spiro atoms. The Morgan fingerprint density at radius 3 is 2.28 bits per heavy atom. The molecule has 0 radical (unpaired) electrons. The van der Waals surface area contributed by atoms with Gasteiger partial charge in [0.05, 0.1) is 12.6 Å². The summed E-state index contributed by atoms with van der Waals surface area (Å²) in [6.07, 6.45) is 4.30. The van der Waals surface area contributed by atoms with Crippen LogP contribution in [-0.2, 0) is 4.79 Å². The minimum Gasteiger partial charge on any atom is -0.345 e. The lowest BCUT2D eigenvalue weighted by Gasteiger charge is -2.47. The van der Waals surface area contributed by atoms with Crippen LogP contribution in [0.2, 0.25) is 10.0 Å². The average molecular weight is 624 g/mol. The number of azo groups is 1. The smallest absolute Gasteiger partial charge is 0.275 e. The van der Waals surface area contributed by atoms with Gasteiger partial charge in [0.25, 0.3) is 11.8 Å². The van der Waals surface area contributed by atoms with Crippen LogP contribution in [0.1, 0.15) is 94.2 Å². The Balaban J connectivity index is 1.48. The van der Waals surface area contributed by atoms with Gasteiger partial charge in [-0.25, -0.2) is 4.99 Å². The van der Waals surface area contributed by atoms with E-state index in [-0.39, 0.29) is 29.8 Å². The molecule has 228 valence electrons. The average Bonchev–Trinajstić information content (AvgIpc) is 3.56. The first-order valence-corrected chi connectivity index (χ1v) is 15.8. The van der Waals surface area contributed by atoms with E-state index in [1.165, 1.54) is 0 Å². The highest BCUT2D eigenvalue weighted by Crippen LogP contribution is 2.50. The molecule has 0 saturated heterocycles. The molecule has 10 heteroatoms. The molecule has 1 saturated carbocycles.